The van der Waals surface area contributed by atoms with Gasteiger partial charge in [0.25, 0.3) is 5.91 Å². The smallest absolute Gasteiger partial charge is 0.260 e. The van der Waals surface area contributed by atoms with E-state index in [1.165, 1.54) is 0 Å². The van der Waals surface area contributed by atoms with Crippen molar-refractivity contribution in [3.05, 3.63) is 65.7 Å². The SMILES string of the molecule is Cc1ccc(C(=O)CCC(=O)NC2CCN(C(=O)COc3ccccc3)CC2)cc1. The van der Waals surface area contributed by atoms with Gasteiger partial charge in [-0.2, -0.15) is 0 Å². The van der Waals surface area contributed by atoms with Gasteiger partial charge in [-0.05, 0) is 31.9 Å². The van der Waals surface area contributed by atoms with Crippen molar-refractivity contribution in [3.63, 3.8) is 0 Å². The summed E-state index contributed by atoms with van der Waals surface area (Å²) >= 11 is 0. The molecule has 0 atom stereocenters. The number of carbonyl (C=O) groups excluding carboxylic acids is 3. The van der Waals surface area contributed by atoms with Gasteiger partial charge in [-0.25, -0.2) is 0 Å². The Hall–Kier alpha value is -3.15. The Labute approximate surface area is 177 Å². The lowest BCUT2D eigenvalue weighted by atomic mass is 10.0. The summed E-state index contributed by atoms with van der Waals surface area (Å²) in [5.74, 6) is 0.483. The zero-order valence-corrected chi connectivity index (χ0v) is 17.3. The molecule has 0 aliphatic carbocycles. The fourth-order valence-electron chi connectivity index (χ4n) is 3.44. The first-order valence-electron chi connectivity index (χ1n) is 10.4. The second kappa shape index (κ2) is 10.6. The predicted octanol–water partition coefficient (Wildman–Crippen LogP) is 3.14. The number of carbonyl (C=O) groups is 3. The number of para-hydroxylation sites is 1. The van der Waals surface area contributed by atoms with Gasteiger partial charge in [0.1, 0.15) is 5.75 Å². The van der Waals surface area contributed by atoms with Crippen LogP contribution in [0, 0.1) is 6.92 Å². The standard InChI is InChI=1S/C24H28N2O4/c1-18-7-9-19(10-8-18)22(27)11-12-23(28)25-20-13-15-26(16-14-20)24(29)17-30-21-5-3-2-4-6-21/h2-10,20H,11-17H2,1H3,(H,25,28). The summed E-state index contributed by atoms with van der Waals surface area (Å²) in [4.78, 5) is 38.5. The van der Waals surface area contributed by atoms with Crippen molar-refractivity contribution in [2.75, 3.05) is 19.7 Å². The number of Topliss-reactive ketones (excluding diaryl/α,β-unsaturated/α-hetero) is 1. The molecule has 2 amide bonds. The van der Waals surface area contributed by atoms with Crippen LogP contribution in [0.3, 0.4) is 0 Å². The van der Waals surface area contributed by atoms with Gasteiger partial charge in [-0.3, -0.25) is 14.4 Å². The van der Waals surface area contributed by atoms with E-state index in [9.17, 15) is 14.4 Å². The molecule has 30 heavy (non-hydrogen) atoms. The molecule has 2 aromatic carbocycles. The van der Waals surface area contributed by atoms with E-state index >= 15 is 0 Å². The second-order valence-electron chi connectivity index (χ2n) is 7.61. The van der Waals surface area contributed by atoms with Crippen molar-refractivity contribution in [3.8, 4) is 5.75 Å². The van der Waals surface area contributed by atoms with Crippen molar-refractivity contribution in [1.82, 2.24) is 10.2 Å². The summed E-state index contributed by atoms with van der Waals surface area (Å²) < 4.78 is 5.52. The minimum absolute atomic E-state index is 0.0160. The number of amides is 2. The first-order valence-corrected chi connectivity index (χ1v) is 10.4. The Bertz CT molecular complexity index is 857. The molecule has 2 aromatic rings. The summed E-state index contributed by atoms with van der Waals surface area (Å²) in [6.45, 7) is 3.16. The van der Waals surface area contributed by atoms with Crippen molar-refractivity contribution in [1.29, 1.82) is 0 Å². The monoisotopic (exact) mass is 408 g/mol. The number of likely N-dealkylation sites (tertiary alicyclic amines) is 1. The number of benzene rings is 2. The number of aryl methyl sites for hydroxylation is 1. The highest BCUT2D eigenvalue weighted by Gasteiger charge is 2.24. The van der Waals surface area contributed by atoms with Gasteiger partial charge in [0, 0.05) is 37.5 Å². The van der Waals surface area contributed by atoms with Crippen LogP contribution in [0.25, 0.3) is 0 Å². The molecule has 158 valence electrons. The molecule has 1 N–H and O–H groups in total. The number of ether oxygens (including phenoxy) is 1. The van der Waals surface area contributed by atoms with Crippen LogP contribution >= 0.6 is 0 Å². The van der Waals surface area contributed by atoms with Crippen molar-refractivity contribution < 1.29 is 19.1 Å². The minimum atomic E-state index is -0.118. The Balaban J connectivity index is 1.34. The van der Waals surface area contributed by atoms with E-state index in [4.69, 9.17) is 4.74 Å². The highest BCUT2D eigenvalue weighted by Crippen LogP contribution is 2.13. The van der Waals surface area contributed by atoms with Gasteiger partial charge in [-0.1, -0.05) is 48.0 Å². The lowest BCUT2D eigenvalue weighted by molar-refractivity contribution is -0.134. The highest BCUT2D eigenvalue weighted by molar-refractivity contribution is 5.98. The van der Waals surface area contributed by atoms with Crippen molar-refractivity contribution >= 4 is 17.6 Å². The van der Waals surface area contributed by atoms with Crippen molar-refractivity contribution in [2.45, 2.75) is 38.6 Å². The first-order chi connectivity index (χ1) is 14.5. The fraction of sp³-hybridized carbons (Fsp3) is 0.375. The number of hydrogen-bond donors (Lipinski definition) is 1. The summed E-state index contributed by atoms with van der Waals surface area (Å²) in [6.07, 6.45) is 1.78. The Morgan fingerprint density at radius 1 is 0.967 bits per heavy atom. The van der Waals surface area contributed by atoms with Crippen LogP contribution in [0.15, 0.2) is 54.6 Å². The molecule has 6 heteroatoms. The average Bonchev–Trinajstić information content (AvgIpc) is 2.77. The summed E-state index contributed by atoms with van der Waals surface area (Å²) in [6, 6.07) is 16.7. The number of rotatable bonds is 8. The molecule has 0 saturated carbocycles. The van der Waals surface area contributed by atoms with Gasteiger partial charge >= 0.3 is 0 Å². The molecule has 0 bridgehead atoms. The molecular formula is C24H28N2O4. The van der Waals surface area contributed by atoms with Gasteiger partial charge in [0.05, 0.1) is 0 Å². The van der Waals surface area contributed by atoms with E-state index in [1.807, 2.05) is 49.4 Å². The Morgan fingerprint density at radius 2 is 1.63 bits per heavy atom. The zero-order valence-electron chi connectivity index (χ0n) is 17.3. The number of hydrogen-bond acceptors (Lipinski definition) is 4. The van der Waals surface area contributed by atoms with E-state index < -0.39 is 0 Å². The lowest BCUT2D eigenvalue weighted by Crippen LogP contribution is -2.47. The van der Waals surface area contributed by atoms with Crippen LogP contribution in [0.2, 0.25) is 0 Å². The first kappa shape index (κ1) is 21.6. The van der Waals surface area contributed by atoms with E-state index in [2.05, 4.69) is 5.32 Å². The van der Waals surface area contributed by atoms with Crippen LogP contribution in [-0.2, 0) is 9.59 Å². The maximum Gasteiger partial charge on any atom is 0.260 e. The maximum atomic E-state index is 12.3. The molecule has 1 fully saturated rings. The Kier molecular flexibility index (Phi) is 7.60. The molecule has 1 saturated heterocycles. The number of piperidine rings is 1. The Morgan fingerprint density at radius 3 is 2.30 bits per heavy atom. The largest absolute Gasteiger partial charge is 0.484 e. The van der Waals surface area contributed by atoms with Crippen LogP contribution in [-0.4, -0.2) is 48.2 Å². The summed E-state index contributed by atoms with van der Waals surface area (Å²) in [5, 5.41) is 2.99. The van der Waals surface area contributed by atoms with Gasteiger partial charge in [-0.15, -0.1) is 0 Å². The third-order valence-electron chi connectivity index (χ3n) is 5.27. The molecule has 1 aliphatic heterocycles. The summed E-state index contributed by atoms with van der Waals surface area (Å²) in [7, 11) is 0. The van der Waals surface area contributed by atoms with E-state index in [0.717, 1.165) is 5.56 Å². The average molecular weight is 408 g/mol. The molecule has 6 nitrogen and oxygen atoms in total. The molecule has 1 aliphatic rings. The number of ketones is 1. The van der Waals surface area contributed by atoms with E-state index in [1.54, 1.807) is 17.0 Å². The molecular weight excluding hydrogens is 380 g/mol. The normalized spacial score (nSPS) is 14.2. The van der Waals surface area contributed by atoms with Crippen LogP contribution < -0.4 is 10.1 Å². The maximum absolute atomic E-state index is 12.3. The summed E-state index contributed by atoms with van der Waals surface area (Å²) in [5.41, 5.74) is 1.73. The molecule has 0 spiro atoms. The molecule has 0 radical (unpaired) electrons. The lowest BCUT2D eigenvalue weighted by Gasteiger charge is -2.32. The second-order valence-corrected chi connectivity index (χ2v) is 7.61. The van der Waals surface area contributed by atoms with Gasteiger partial charge in [0.15, 0.2) is 12.4 Å². The predicted molar refractivity (Wildman–Crippen MR) is 114 cm³/mol. The molecule has 1 heterocycles. The van der Waals surface area contributed by atoms with Crippen molar-refractivity contribution in [2.24, 2.45) is 0 Å². The fourth-order valence-corrected chi connectivity index (χ4v) is 3.44. The third kappa shape index (κ3) is 6.44. The van der Waals surface area contributed by atoms with E-state index in [0.29, 0.717) is 37.2 Å². The van der Waals surface area contributed by atoms with Crippen LogP contribution in [0.4, 0.5) is 0 Å². The zero-order chi connectivity index (χ0) is 21.3. The molecule has 0 unspecified atom stereocenters. The minimum Gasteiger partial charge on any atom is -0.484 e. The van der Waals surface area contributed by atoms with Crippen LogP contribution in [0.1, 0.15) is 41.6 Å². The molecule has 0 aromatic heterocycles. The highest BCUT2D eigenvalue weighted by atomic mass is 16.5. The van der Waals surface area contributed by atoms with E-state index in [-0.39, 0.29) is 43.1 Å². The topological polar surface area (TPSA) is 75.7 Å². The van der Waals surface area contributed by atoms with Gasteiger partial charge < -0.3 is 15.0 Å². The quantitative estimate of drug-likeness (QED) is 0.681. The number of nitrogens with zero attached hydrogens (tertiary/aromatic N) is 1. The van der Waals surface area contributed by atoms with Gasteiger partial charge in [0.2, 0.25) is 5.91 Å². The number of nitrogens with one attached hydrogen (secondary N) is 1. The van der Waals surface area contributed by atoms with Crippen LogP contribution in [0.5, 0.6) is 5.75 Å². The third-order valence-corrected chi connectivity index (χ3v) is 5.27. The molecule has 3 rings (SSSR count).